The molecule has 1 aromatic heterocycles. The quantitative estimate of drug-likeness (QED) is 0.910. The number of fused-ring (bicyclic) bond motifs is 1. The van der Waals surface area contributed by atoms with Crippen LogP contribution in [-0.4, -0.2) is 22.1 Å². The van der Waals surface area contributed by atoms with Gasteiger partial charge in [0.15, 0.2) is 11.6 Å². The highest BCUT2D eigenvalue weighted by atomic mass is 19.1. The molecule has 5 heteroatoms. The standard InChI is InChI=1S/C16H15FN2O2/c17-14-13(16(20)21)7-8-18-15(14)19-12-6-5-10-3-1-2-4-11(10)9-12/h1-4,7-8,12H,5-6,9H2,(H,18,19)(H,20,21). The zero-order valence-corrected chi connectivity index (χ0v) is 11.3. The number of nitrogens with one attached hydrogen (secondary N) is 1. The Labute approximate surface area is 121 Å². The lowest BCUT2D eigenvalue weighted by atomic mass is 9.88. The number of pyridine rings is 1. The molecule has 0 radical (unpaired) electrons. The first-order chi connectivity index (χ1) is 10.1. The number of nitrogens with zero attached hydrogens (tertiary/aromatic N) is 1. The number of anilines is 1. The van der Waals surface area contributed by atoms with Gasteiger partial charge in [-0.3, -0.25) is 0 Å². The Hall–Kier alpha value is -2.43. The van der Waals surface area contributed by atoms with Crippen LogP contribution >= 0.6 is 0 Å². The third-order valence-corrected chi connectivity index (χ3v) is 3.81. The molecule has 0 saturated heterocycles. The molecule has 1 atom stereocenters. The van der Waals surface area contributed by atoms with E-state index in [4.69, 9.17) is 5.11 Å². The molecule has 0 amide bonds. The van der Waals surface area contributed by atoms with Crippen molar-refractivity contribution in [2.45, 2.75) is 25.3 Å². The zero-order valence-electron chi connectivity index (χ0n) is 11.3. The second-order valence-electron chi connectivity index (χ2n) is 5.18. The highest BCUT2D eigenvalue weighted by molar-refractivity contribution is 5.88. The van der Waals surface area contributed by atoms with Gasteiger partial charge in [0, 0.05) is 12.2 Å². The van der Waals surface area contributed by atoms with Crippen molar-refractivity contribution < 1.29 is 14.3 Å². The van der Waals surface area contributed by atoms with E-state index in [9.17, 15) is 9.18 Å². The maximum atomic E-state index is 14.1. The minimum Gasteiger partial charge on any atom is -0.478 e. The minimum absolute atomic E-state index is 0.0132. The second kappa shape index (κ2) is 5.52. The van der Waals surface area contributed by atoms with Crippen LogP contribution in [-0.2, 0) is 12.8 Å². The number of aromatic nitrogens is 1. The van der Waals surface area contributed by atoms with Crippen molar-refractivity contribution in [3.63, 3.8) is 0 Å². The zero-order chi connectivity index (χ0) is 14.8. The molecule has 108 valence electrons. The molecule has 0 aliphatic heterocycles. The molecule has 21 heavy (non-hydrogen) atoms. The normalized spacial score (nSPS) is 17.1. The third-order valence-electron chi connectivity index (χ3n) is 3.81. The highest BCUT2D eigenvalue weighted by Crippen LogP contribution is 2.24. The summed E-state index contributed by atoms with van der Waals surface area (Å²) >= 11 is 0. The molecular formula is C16H15FN2O2. The predicted octanol–water partition coefficient (Wildman–Crippen LogP) is 2.89. The van der Waals surface area contributed by atoms with Crippen LogP contribution in [0.15, 0.2) is 36.5 Å². The van der Waals surface area contributed by atoms with Crippen LogP contribution in [0.3, 0.4) is 0 Å². The monoisotopic (exact) mass is 286 g/mol. The largest absolute Gasteiger partial charge is 0.478 e. The molecule has 1 aromatic carbocycles. The fourth-order valence-electron chi connectivity index (χ4n) is 2.72. The highest BCUT2D eigenvalue weighted by Gasteiger charge is 2.21. The van der Waals surface area contributed by atoms with Crippen LogP contribution in [0, 0.1) is 5.82 Å². The summed E-state index contributed by atoms with van der Waals surface area (Å²) in [5.74, 6) is -2.07. The molecule has 2 N–H and O–H groups in total. The molecule has 1 heterocycles. The molecule has 0 fully saturated rings. The summed E-state index contributed by atoms with van der Waals surface area (Å²) in [6.45, 7) is 0. The smallest absolute Gasteiger partial charge is 0.338 e. The third kappa shape index (κ3) is 2.72. The van der Waals surface area contributed by atoms with E-state index in [1.165, 1.54) is 23.4 Å². The van der Waals surface area contributed by atoms with E-state index in [0.717, 1.165) is 19.3 Å². The molecule has 1 unspecified atom stereocenters. The van der Waals surface area contributed by atoms with Gasteiger partial charge in [-0.2, -0.15) is 0 Å². The van der Waals surface area contributed by atoms with Crippen molar-refractivity contribution in [2.75, 3.05) is 5.32 Å². The van der Waals surface area contributed by atoms with Gasteiger partial charge in [0.25, 0.3) is 0 Å². The number of rotatable bonds is 3. The Bertz CT molecular complexity index is 688. The Kier molecular flexibility index (Phi) is 3.56. The lowest BCUT2D eigenvalue weighted by Gasteiger charge is -2.26. The summed E-state index contributed by atoms with van der Waals surface area (Å²) in [6.07, 6.45) is 3.89. The first-order valence-corrected chi connectivity index (χ1v) is 6.86. The van der Waals surface area contributed by atoms with Crippen LogP contribution in [0.4, 0.5) is 10.2 Å². The summed E-state index contributed by atoms with van der Waals surface area (Å²) in [5.41, 5.74) is 2.21. The van der Waals surface area contributed by atoms with E-state index in [0.29, 0.717) is 0 Å². The van der Waals surface area contributed by atoms with Crippen LogP contribution in [0.1, 0.15) is 27.9 Å². The first-order valence-electron chi connectivity index (χ1n) is 6.86. The van der Waals surface area contributed by atoms with Crippen LogP contribution in [0.2, 0.25) is 0 Å². The van der Waals surface area contributed by atoms with Crippen molar-refractivity contribution in [1.82, 2.24) is 4.98 Å². The maximum Gasteiger partial charge on any atom is 0.338 e. The van der Waals surface area contributed by atoms with E-state index in [2.05, 4.69) is 22.4 Å². The van der Waals surface area contributed by atoms with Gasteiger partial charge >= 0.3 is 5.97 Å². The number of carbonyl (C=O) groups is 1. The summed E-state index contributed by atoms with van der Waals surface area (Å²) < 4.78 is 14.1. The van der Waals surface area contributed by atoms with Crippen molar-refractivity contribution in [3.8, 4) is 0 Å². The molecule has 1 aliphatic rings. The van der Waals surface area contributed by atoms with Gasteiger partial charge in [-0.1, -0.05) is 24.3 Å². The number of benzene rings is 1. The number of aromatic carboxylic acids is 1. The summed E-state index contributed by atoms with van der Waals surface area (Å²) in [5, 5.41) is 12.0. The van der Waals surface area contributed by atoms with Gasteiger partial charge in [0.1, 0.15) is 5.56 Å². The minimum atomic E-state index is -1.29. The topological polar surface area (TPSA) is 62.2 Å². The van der Waals surface area contributed by atoms with E-state index in [1.807, 2.05) is 12.1 Å². The van der Waals surface area contributed by atoms with Crippen molar-refractivity contribution in [2.24, 2.45) is 0 Å². The summed E-state index contributed by atoms with van der Waals surface area (Å²) in [4.78, 5) is 14.9. The van der Waals surface area contributed by atoms with Crippen LogP contribution in [0.5, 0.6) is 0 Å². The Balaban J connectivity index is 1.80. The summed E-state index contributed by atoms with van der Waals surface area (Å²) in [6, 6.07) is 9.41. The SMILES string of the molecule is O=C(O)c1ccnc(NC2CCc3ccccc3C2)c1F. The number of hydrogen-bond donors (Lipinski definition) is 2. The van der Waals surface area contributed by atoms with E-state index in [1.54, 1.807) is 0 Å². The van der Waals surface area contributed by atoms with E-state index >= 15 is 0 Å². The van der Waals surface area contributed by atoms with E-state index in [-0.39, 0.29) is 17.4 Å². The molecule has 1 aliphatic carbocycles. The van der Waals surface area contributed by atoms with Crippen molar-refractivity contribution in [3.05, 3.63) is 59.0 Å². The molecule has 4 nitrogen and oxygen atoms in total. The Morgan fingerprint density at radius 2 is 2.05 bits per heavy atom. The molecule has 0 saturated carbocycles. The number of halogens is 1. The van der Waals surface area contributed by atoms with Gasteiger partial charge in [-0.15, -0.1) is 0 Å². The second-order valence-corrected chi connectivity index (χ2v) is 5.18. The van der Waals surface area contributed by atoms with Gasteiger partial charge in [0.05, 0.1) is 0 Å². The van der Waals surface area contributed by atoms with Gasteiger partial charge in [-0.25, -0.2) is 14.2 Å². The lowest BCUT2D eigenvalue weighted by molar-refractivity contribution is 0.0692. The van der Waals surface area contributed by atoms with E-state index < -0.39 is 11.8 Å². The lowest BCUT2D eigenvalue weighted by Crippen LogP contribution is -2.28. The fraction of sp³-hybridized carbons (Fsp3) is 0.250. The number of hydrogen-bond acceptors (Lipinski definition) is 3. The first kappa shape index (κ1) is 13.5. The maximum absolute atomic E-state index is 14.1. The average molecular weight is 286 g/mol. The van der Waals surface area contributed by atoms with Crippen molar-refractivity contribution in [1.29, 1.82) is 0 Å². The van der Waals surface area contributed by atoms with Gasteiger partial charge in [0.2, 0.25) is 0 Å². The number of carboxylic acid groups (broad SMARTS) is 1. The summed E-state index contributed by atoms with van der Waals surface area (Å²) in [7, 11) is 0. The predicted molar refractivity (Wildman–Crippen MR) is 77.0 cm³/mol. The molecule has 3 rings (SSSR count). The van der Waals surface area contributed by atoms with Crippen LogP contribution in [0.25, 0.3) is 0 Å². The van der Waals surface area contributed by atoms with Crippen LogP contribution < -0.4 is 5.32 Å². The Morgan fingerprint density at radius 1 is 1.29 bits per heavy atom. The fourth-order valence-corrected chi connectivity index (χ4v) is 2.72. The molecular weight excluding hydrogens is 271 g/mol. The average Bonchev–Trinajstić information content (AvgIpc) is 2.49. The number of aryl methyl sites for hydroxylation is 1. The molecule has 2 aromatic rings. The molecule has 0 spiro atoms. The Morgan fingerprint density at radius 3 is 2.81 bits per heavy atom. The van der Waals surface area contributed by atoms with Crippen molar-refractivity contribution >= 4 is 11.8 Å². The van der Waals surface area contributed by atoms with Gasteiger partial charge < -0.3 is 10.4 Å². The van der Waals surface area contributed by atoms with Gasteiger partial charge in [-0.05, 0) is 36.5 Å². The molecule has 0 bridgehead atoms. The number of carboxylic acids is 1.